The summed E-state index contributed by atoms with van der Waals surface area (Å²) >= 11 is 1.66. The van der Waals surface area contributed by atoms with Crippen molar-refractivity contribution in [3.63, 3.8) is 0 Å². The van der Waals surface area contributed by atoms with Crippen LogP contribution in [0.2, 0.25) is 0 Å². The van der Waals surface area contributed by atoms with Crippen molar-refractivity contribution in [2.45, 2.75) is 26.3 Å². The third-order valence-corrected chi connectivity index (χ3v) is 6.34. The maximum atomic E-state index is 12.7. The van der Waals surface area contributed by atoms with E-state index in [0.717, 1.165) is 30.5 Å². The molecular weight excluding hydrogens is 332 g/mol. The number of aryl methyl sites for hydroxylation is 1. The van der Waals surface area contributed by atoms with Gasteiger partial charge in [0.15, 0.2) is 0 Å². The highest BCUT2D eigenvalue weighted by atomic mass is 32.1. The summed E-state index contributed by atoms with van der Waals surface area (Å²) in [6.07, 6.45) is 1.84. The van der Waals surface area contributed by atoms with E-state index in [1.165, 1.54) is 4.88 Å². The van der Waals surface area contributed by atoms with Crippen molar-refractivity contribution in [3.8, 4) is 0 Å². The third kappa shape index (κ3) is 3.21. The molecule has 25 heavy (non-hydrogen) atoms. The predicted molar refractivity (Wildman–Crippen MR) is 98.4 cm³/mol. The summed E-state index contributed by atoms with van der Waals surface area (Å²) in [7, 11) is 0. The Morgan fingerprint density at radius 1 is 1.32 bits per heavy atom. The normalized spacial score (nSPS) is 24.5. The van der Waals surface area contributed by atoms with Gasteiger partial charge in [0.2, 0.25) is 5.91 Å². The average molecular weight is 354 g/mol. The molecule has 2 aliphatic rings. The van der Waals surface area contributed by atoms with E-state index in [1.807, 2.05) is 53.6 Å². The summed E-state index contributed by atoms with van der Waals surface area (Å²) in [5.74, 6) is 0.284. The number of benzene rings is 1. The number of thiophene rings is 1. The number of amides is 2. The lowest BCUT2D eigenvalue weighted by Crippen LogP contribution is -2.31. The van der Waals surface area contributed by atoms with Gasteiger partial charge in [-0.05, 0) is 43.3 Å². The summed E-state index contributed by atoms with van der Waals surface area (Å²) in [5, 5.41) is 5.07. The van der Waals surface area contributed by atoms with Crippen LogP contribution < -0.4 is 5.32 Å². The Morgan fingerprint density at radius 3 is 2.96 bits per heavy atom. The molecule has 4 nitrogen and oxygen atoms in total. The van der Waals surface area contributed by atoms with E-state index in [9.17, 15) is 9.59 Å². The van der Waals surface area contributed by atoms with Crippen LogP contribution in [0.15, 0.2) is 41.8 Å². The zero-order valence-corrected chi connectivity index (χ0v) is 15.1. The fourth-order valence-electron chi connectivity index (χ4n) is 3.91. The minimum Gasteiger partial charge on any atom is -0.351 e. The molecule has 1 aliphatic heterocycles. The topological polar surface area (TPSA) is 49.4 Å². The van der Waals surface area contributed by atoms with Gasteiger partial charge in [0.1, 0.15) is 0 Å². The van der Waals surface area contributed by atoms with Gasteiger partial charge in [-0.3, -0.25) is 9.59 Å². The van der Waals surface area contributed by atoms with E-state index in [2.05, 4.69) is 5.32 Å². The van der Waals surface area contributed by atoms with Gasteiger partial charge in [-0.1, -0.05) is 23.8 Å². The van der Waals surface area contributed by atoms with Crippen molar-refractivity contribution in [1.82, 2.24) is 10.2 Å². The summed E-state index contributed by atoms with van der Waals surface area (Å²) in [5.41, 5.74) is 1.85. The van der Waals surface area contributed by atoms with Crippen molar-refractivity contribution in [3.05, 3.63) is 57.8 Å². The van der Waals surface area contributed by atoms with E-state index in [0.29, 0.717) is 13.1 Å². The lowest BCUT2D eigenvalue weighted by molar-refractivity contribution is -0.123. The Kier molecular flexibility index (Phi) is 4.12. The van der Waals surface area contributed by atoms with Gasteiger partial charge >= 0.3 is 0 Å². The number of likely N-dealkylation sites (tertiary alicyclic amines) is 1. The predicted octanol–water partition coefficient (Wildman–Crippen LogP) is 3.23. The zero-order chi connectivity index (χ0) is 17.4. The van der Waals surface area contributed by atoms with Crippen LogP contribution in [-0.4, -0.2) is 29.8 Å². The van der Waals surface area contributed by atoms with Crippen molar-refractivity contribution in [2.75, 3.05) is 13.1 Å². The fourth-order valence-corrected chi connectivity index (χ4v) is 4.55. The molecule has 2 amide bonds. The highest BCUT2D eigenvalue weighted by Gasteiger charge is 2.61. The molecule has 1 aliphatic carbocycles. The second kappa shape index (κ2) is 6.30. The van der Waals surface area contributed by atoms with Gasteiger partial charge in [-0.25, -0.2) is 0 Å². The van der Waals surface area contributed by atoms with Crippen LogP contribution in [0.1, 0.15) is 33.6 Å². The Labute approximate surface area is 151 Å². The Balaban J connectivity index is 1.35. The SMILES string of the molecule is Cc1cccc(C(=O)N2CC[C@@]3(C[C@@H]3C(=O)NCc3cccs3)C2)c1. The van der Waals surface area contributed by atoms with Crippen molar-refractivity contribution < 1.29 is 9.59 Å². The summed E-state index contributed by atoms with van der Waals surface area (Å²) in [6, 6.07) is 11.8. The average Bonchev–Trinajstić information content (AvgIpc) is 2.95. The number of carbonyl (C=O) groups excluding carboxylic acids is 2. The van der Waals surface area contributed by atoms with Crippen molar-refractivity contribution in [1.29, 1.82) is 0 Å². The van der Waals surface area contributed by atoms with Crippen LogP contribution in [0.25, 0.3) is 0 Å². The standard InChI is InChI=1S/C20H22N2O2S/c1-14-4-2-5-15(10-14)19(24)22-8-7-20(13-22)11-17(20)18(23)21-12-16-6-3-9-25-16/h2-6,9-10,17H,7-8,11-13H2,1H3,(H,21,23)/t17-,20-/m1/s1. The molecule has 2 atom stereocenters. The molecule has 2 heterocycles. The van der Waals surface area contributed by atoms with E-state index in [4.69, 9.17) is 0 Å². The fraction of sp³-hybridized carbons (Fsp3) is 0.400. The molecule has 1 aromatic carbocycles. The Bertz CT molecular complexity index is 802. The lowest BCUT2D eigenvalue weighted by Gasteiger charge is -2.17. The number of hydrogen-bond acceptors (Lipinski definition) is 3. The summed E-state index contributed by atoms with van der Waals surface area (Å²) in [6.45, 7) is 4.06. The molecule has 0 radical (unpaired) electrons. The number of nitrogens with one attached hydrogen (secondary N) is 1. The number of nitrogens with zero attached hydrogens (tertiary/aromatic N) is 1. The van der Waals surface area contributed by atoms with Gasteiger partial charge in [0, 0.05) is 34.9 Å². The first-order valence-corrected chi connectivity index (χ1v) is 9.61. The summed E-state index contributed by atoms with van der Waals surface area (Å²) < 4.78 is 0. The van der Waals surface area contributed by atoms with Crippen LogP contribution in [0, 0.1) is 18.3 Å². The van der Waals surface area contributed by atoms with Gasteiger partial charge in [-0.2, -0.15) is 0 Å². The lowest BCUT2D eigenvalue weighted by atomic mass is 10.0. The van der Waals surface area contributed by atoms with E-state index in [-0.39, 0.29) is 23.1 Å². The largest absolute Gasteiger partial charge is 0.351 e. The molecule has 1 spiro atoms. The second-order valence-electron chi connectivity index (χ2n) is 7.26. The second-order valence-corrected chi connectivity index (χ2v) is 8.29. The number of hydrogen-bond donors (Lipinski definition) is 1. The van der Waals surface area contributed by atoms with Gasteiger partial charge in [0.25, 0.3) is 5.91 Å². The third-order valence-electron chi connectivity index (χ3n) is 5.46. The van der Waals surface area contributed by atoms with Crippen LogP contribution in [-0.2, 0) is 11.3 Å². The van der Waals surface area contributed by atoms with Gasteiger partial charge < -0.3 is 10.2 Å². The van der Waals surface area contributed by atoms with Gasteiger partial charge in [-0.15, -0.1) is 11.3 Å². The highest BCUT2D eigenvalue weighted by Crippen LogP contribution is 2.58. The molecule has 130 valence electrons. The molecule has 0 unspecified atom stereocenters. The molecule has 2 fully saturated rings. The molecule has 1 aromatic heterocycles. The van der Waals surface area contributed by atoms with E-state index >= 15 is 0 Å². The minimum absolute atomic E-state index is 0.0129. The maximum Gasteiger partial charge on any atom is 0.253 e. The Hall–Kier alpha value is -2.14. The first kappa shape index (κ1) is 16.3. The maximum absolute atomic E-state index is 12.7. The van der Waals surface area contributed by atoms with Crippen LogP contribution in [0.4, 0.5) is 0 Å². The van der Waals surface area contributed by atoms with E-state index in [1.54, 1.807) is 11.3 Å². The number of rotatable bonds is 4. The first-order chi connectivity index (χ1) is 12.1. The molecule has 2 aromatic rings. The minimum atomic E-state index is 0.0129. The molecular formula is C20H22N2O2S. The van der Waals surface area contributed by atoms with Crippen molar-refractivity contribution >= 4 is 23.2 Å². The number of carbonyl (C=O) groups is 2. The smallest absolute Gasteiger partial charge is 0.253 e. The zero-order valence-electron chi connectivity index (χ0n) is 14.3. The van der Waals surface area contributed by atoms with Crippen LogP contribution >= 0.6 is 11.3 Å². The quantitative estimate of drug-likeness (QED) is 0.916. The Morgan fingerprint density at radius 2 is 2.20 bits per heavy atom. The monoisotopic (exact) mass is 354 g/mol. The summed E-state index contributed by atoms with van der Waals surface area (Å²) in [4.78, 5) is 28.2. The molecule has 1 N–H and O–H groups in total. The first-order valence-electron chi connectivity index (χ1n) is 8.73. The molecule has 1 saturated heterocycles. The molecule has 1 saturated carbocycles. The molecule has 5 heteroatoms. The van der Waals surface area contributed by atoms with Crippen molar-refractivity contribution in [2.24, 2.45) is 11.3 Å². The molecule has 0 bridgehead atoms. The van der Waals surface area contributed by atoms with Crippen LogP contribution in [0.3, 0.4) is 0 Å². The molecule has 4 rings (SSSR count). The van der Waals surface area contributed by atoms with Crippen LogP contribution in [0.5, 0.6) is 0 Å². The van der Waals surface area contributed by atoms with E-state index < -0.39 is 0 Å². The van der Waals surface area contributed by atoms with Gasteiger partial charge in [0.05, 0.1) is 6.54 Å². The highest BCUT2D eigenvalue weighted by molar-refractivity contribution is 7.09.